The summed E-state index contributed by atoms with van der Waals surface area (Å²) in [4.78, 5) is 18.0. The van der Waals surface area contributed by atoms with E-state index in [0.29, 0.717) is 21.5 Å². The van der Waals surface area contributed by atoms with Gasteiger partial charge < -0.3 is 4.42 Å². The number of nitrogens with zero attached hydrogens (tertiary/aromatic N) is 3. The van der Waals surface area contributed by atoms with E-state index < -0.39 is 0 Å². The van der Waals surface area contributed by atoms with Crippen molar-refractivity contribution in [3.8, 4) is 10.8 Å². The predicted molar refractivity (Wildman–Crippen MR) is 117 cm³/mol. The molecule has 0 spiro atoms. The molecule has 30 heavy (non-hydrogen) atoms. The summed E-state index contributed by atoms with van der Waals surface area (Å²) in [6.45, 7) is 3.75. The van der Waals surface area contributed by atoms with Crippen molar-refractivity contribution in [2.45, 2.75) is 57.8 Å². The third-order valence-corrected chi connectivity index (χ3v) is 9.35. The van der Waals surface area contributed by atoms with E-state index in [1.54, 1.807) is 11.3 Å². The van der Waals surface area contributed by atoms with Crippen LogP contribution >= 0.6 is 22.7 Å². The van der Waals surface area contributed by atoms with Crippen molar-refractivity contribution < 1.29 is 9.21 Å². The number of furan rings is 1. The van der Waals surface area contributed by atoms with Crippen LogP contribution in [0.1, 0.15) is 64.7 Å². The average molecular weight is 441 g/mol. The zero-order valence-electron chi connectivity index (χ0n) is 17.1. The van der Waals surface area contributed by atoms with Crippen LogP contribution in [0.3, 0.4) is 0 Å². The van der Waals surface area contributed by atoms with E-state index in [9.17, 15) is 4.79 Å². The smallest absolute Gasteiger partial charge is 0.269 e. The highest BCUT2D eigenvalue weighted by molar-refractivity contribution is 7.17. The number of carbonyl (C=O) groups excluding carboxylic acids is 1. The van der Waals surface area contributed by atoms with Gasteiger partial charge in [0.25, 0.3) is 5.91 Å². The van der Waals surface area contributed by atoms with Crippen LogP contribution in [0, 0.1) is 31.6 Å². The number of aromatic nitrogens is 3. The summed E-state index contributed by atoms with van der Waals surface area (Å²) in [6.07, 6.45) is 7.97. The first-order chi connectivity index (χ1) is 14.5. The van der Waals surface area contributed by atoms with Crippen LogP contribution < -0.4 is 5.32 Å². The zero-order chi connectivity index (χ0) is 20.5. The molecule has 3 aromatic heterocycles. The fraction of sp³-hybridized carbons (Fsp3) is 0.545. The second-order valence-electron chi connectivity index (χ2n) is 9.41. The number of rotatable bonds is 4. The molecule has 4 aliphatic carbocycles. The van der Waals surface area contributed by atoms with Crippen molar-refractivity contribution in [3.05, 3.63) is 33.5 Å². The maximum atomic E-state index is 12.9. The van der Waals surface area contributed by atoms with Gasteiger partial charge in [-0.1, -0.05) is 11.3 Å². The van der Waals surface area contributed by atoms with Gasteiger partial charge in [0.1, 0.15) is 15.6 Å². The topological polar surface area (TPSA) is 80.9 Å². The van der Waals surface area contributed by atoms with E-state index in [1.807, 2.05) is 26.0 Å². The van der Waals surface area contributed by atoms with Crippen molar-refractivity contribution in [2.24, 2.45) is 17.8 Å². The highest BCUT2D eigenvalue weighted by Crippen LogP contribution is 2.61. The van der Waals surface area contributed by atoms with E-state index in [4.69, 9.17) is 4.42 Å². The zero-order valence-corrected chi connectivity index (χ0v) is 18.7. The lowest BCUT2D eigenvalue weighted by Crippen LogP contribution is -2.48. The summed E-state index contributed by atoms with van der Waals surface area (Å²) < 4.78 is 5.65. The first-order valence-corrected chi connectivity index (χ1v) is 12.3. The van der Waals surface area contributed by atoms with Crippen molar-refractivity contribution in [2.75, 3.05) is 5.32 Å². The molecule has 156 valence electrons. The van der Waals surface area contributed by atoms with E-state index in [1.165, 1.54) is 49.9 Å². The molecule has 0 radical (unpaired) electrons. The van der Waals surface area contributed by atoms with Gasteiger partial charge in [-0.15, -0.1) is 21.5 Å². The Morgan fingerprint density at radius 2 is 1.77 bits per heavy atom. The predicted octanol–water partition coefficient (Wildman–Crippen LogP) is 5.59. The molecule has 3 aromatic rings. The van der Waals surface area contributed by atoms with Gasteiger partial charge in [-0.2, -0.15) is 0 Å². The SMILES string of the molecule is Cc1ccc(-c2nc(C)c(C(=O)Nc3nnc(C45CC6CC(CC(C6)C4)C5)s3)s2)o1. The van der Waals surface area contributed by atoms with E-state index in [2.05, 4.69) is 20.5 Å². The maximum absolute atomic E-state index is 12.9. The van der Waals surface area contributed by atoms with Crippen molar-refractivity contribution in [1.29, 1.82) is 0 Å². The Morgan fingerprint density at radius 3 is 2.40 bits per heavy atom. The summed E-state index contributed by atoms with van der Waals surface area (Å²) in [5.41, 5.74) is 0.910. The largest absolute Gasteiger partial charge is 0.459 e. The molecule has 4 fully saturated rings. The Bertz CT molecular complexity index is 1090. The molecule has 0 aliphatic heterocycles. The Hall–Kier alpha value is -2.06. The number of aryl methyl sites for hydroxylation is 2. The lowest BCUT2D eigenvalue weighted by molar-refractivity contribution is -0.00555. The van der Waals surface area contributed by atoms with Gasteiger partial charge in [0.15, 0.2) is 10.8 Å². The highest BCUT2D eigenvalue weighted by atomic mass is 32.1. The third kappa shape index (κ3) is 3.03. The van der Waals surface area contributed by atoms with Crippen LogP contribution in [0.25, 0.3) is 10.8 Å². The molecule has 3 heterocycles. The number of thiazole rings is 1. The number of carbonyl (C=O) groups is 1. The minimum Gasteiger partial charge on any atom is -0.459 e. The lowest BCUT2D eigenvalue weighted by atomic mass is 9.50. The first-order valence-electron chi connectivity index (χ1n) is 10.7. The van der Waals surface area contributed by atoms with Crippen LogP contribution in [-0.2, 0) is 5.41 Å². The van der Waals surface area contributed by atoms with Gasteiger partial charge in [-0.05, 0) is 82.3 Å². The molecule has 4 bridgehead atoms. The van der Waals surface area contributed by atoms with Gasteiger partial charge >= 0.3 is 0 Å². The summed E-state index contributed by atoms with van der Waals surface area (Å²) in [5, 5.41) is 14.3. The second-order valence-corrected chi connectivity index (χ2v) is 11.4. The maximum Gasteiger partial charge on any atom is 0.269 e. The number of anilines is 1. The molecule has 1 amide bonds. The molecule has 0 saturated heterocycles. The summed E-state index contributed by atoms with van der Waals surface area (Å²) in [6, 6.07) is 3.79. The molecule has 6 nitrogen and oxygen atoms in total. The van der Waals surface area contributed by atoms with Crippen LogP contribution in [-0.4, -0.2) is 21.1 Å². The van der Waals surface area contributed by atoms with Gasteiger partial charge in [0.05, 0.1) is 5.69 Å². The molecule has 8 heteroatoms. The van der Waals surface area contributed by atoms with Gasteiger partial charge in [0.2, 0.25) is 5.13 Å². The van der Waals surface area contributed by atoms with Gasteiger partial charge in [0, 0.05) is 5.41 Å². The Labute approximate surface area is 183 Å². The molecular weight excluding hydrogens is 416 g/mol. The normalized spacial score (nSPS) is 29.5. The van der Waals surface area contributed by atoms with Crippen molar-refractivity contribution in [1.82, 2.24) is 15.2 Å². The van der Waals surface area contributed by atoms with Gasteiger partial charge in [-0.3, -0.25) is 10.1 Å². The molecule has 1 N–H and O–H groups in total. The highest BCUT2D eigenvalue weighted by Gasteiger charge is 2.53. The van der Waals surface area contributed by atoms with Crippen LogP contribution in [0.2, 0.25) is 0 Å². The van der Waals surface area contributed by atoms with Gasteiger partial charge in [-0.25, -0.2) is 4.98 Å². The van der Waals surface area contributed by atoms with Crippen LogP contribution in [0.15, 0.2) is 16.5 Å². The van der Waals surface area contributed by atoms with E-state index in [0.717, 1.165) is 33.5 Å². The summed E-state index contributed by atoms with van der Waals surface area (Å²) >= 11 is 2.92. The van der Waals surface area contributed by atoms with Crippen molar-refractivity contribution >= 4 is 33.7 Å². The monoisotopic (exact) mass is 440 g/mol. The quantitative estimate of drug-likeness (QED) is 0.572. The second kappa shape index (κ2) is 6.72. The lowest BCUT2D eigenvalue weighted by Gasteiger charge is -2.55. The number of amides is 1. The molecule has 4 aliphatic rings. The summed E-state index contributed by atoms with van der Waals surface area (Å²) in [5.74, 6) is 3.94. The molecule has 0 unspecified atom stereocenters. The molecule has 0 atom stereocenters. The first kappa shape index (κ1) is 18.7. The number of nitrogens with one attached hydrogen (secondary N) is 1. The Morgan fingerprint density at radius 1 is 1.07 bits per heavy atom. The van der Waals surface area contributed by atoms with Crippen molar-refractivity contribution in [3.63, 3.8) is 0 Å². The molecular formula is C22H24N4O2S2. The average Bonchev–Trinajstić information content (AvgIpc) is 3.41. The Balaban J connectivity index is 1.22. The fourth-order valence-electron chi connectivity index (χ4n) is 6.28. The van der Waals surface area contributed by atoms with E-state index >= 15 is 0 Å². The minimum absolute atomic E-state index is 0.173. The van der Waals surface area contributed by atoms with E-state index in [-0.39, 0.29) is 11.3 Å². The fourth-order valence-corrected chi connectivity index (χ4v) is 8.16. The number of hydrogen-bond acceptors (Lipinski definition) is 7. The minimum atomic E-state index is -0.173. The molecule has 7 rings (SSSR count). The summed E-state index contributed by atoms with van der Waals surface area (Å²) in [7, 11) is 0. The standard InChI is InChI=1S/C22H24N4O2S2/c1-11-3-4-16(28-11)19-23-12(2)17(29-19)18(27)24-21-26-25-20(30-21)22-8-13-5-14(9-22)7-15(6-13)10-22/h3-4,13-15H,5-10H2,1-2H3,(H,24,26,27). The third-order valence-electron chi connectivity index (χ3n) is 7.09. The number of hydrogen-bond donors (Lipinski definition) is 1. The molecule has 0 aromatic carbocycles. The van der Waals surface area contributed by atoms with Crippen LogP contribution in [0.5, 0.6) is 0 Å². The Kier molecular flexibility index (Phi) is 4.19. The molecule has 4 saturated carbocycles. The van der Waals surface area contributed by atoms with Crippen LogP contribution in [0.4, 0.5) is 5.13 Å².